The van der Waals surface area contributed by atoms with Gasteiger partial charge in [0.15, 0.2) is 0 Å². The normalized spacial score (nSPS) is 10.7. The molecular formula is C11H13N3. The SMILES string of the molecule is Cc1nc(N)c2ccc(N)cc2c1C. The molecular weight excluding hydrogens is 174 g/mol. The molecule has 0 spiro atoms. The molecule has 1 aromatic carbocycles. The average Bonchev–Trinajstić information content (AvgIpc) is 2.14. The van der Waals surface area contributed by atoms with E-state index >= 15 is 0 Å². The van der Waals surface area contributed by atoms with Crippen molar-refractivity contribution in [3.8, 4) is 0 Å². The van der Waals surface area contributed by atoms with Crippen LogP contribution in [0.4, 0.5) is 11.5 Å². The highest BCUT2D eigenvalue weighted by Gasteiger charge is 2.05. The van der Waals surface area contributed by atoms with Crippen molar-refractivity contribution >= 4 is 22.3 Å². The lowest BCUT2D eigenvalue weighted by Crippen LogP contribution is -1.98. The highest BCUT2D eigenvalue weighted by molar-refractivity contribution is 5.95. The Balaban J connectivity index is 2.95. The van der Waals surface area contributed by atoms with Crippen LogP contribution in [0.25, 0.3) is 10.8 Å². The number of fused-ring (bicyclic) bond motifs is 1. The van der Waals surface area contributed by atoms with Crippen LogP contribution in [0.5, 0.6) is 0 Å². The first-order valence-corrected chi connectivity index (χ1v) is 4.51. The molecule has 0 aliphatic carbocycles. The van der Waals surface area contributed by atoms with E-state index in [1.165, 1.54) is 0 Å². The molecule has 0 amide bonds. The summed E-state index contributed by atoms with van der Waals surface area (Å²) < 4.78 is 0. The molecule has 0 fully saturated rings. The van der Waals surface area contributed by atoms with Gasteiger partial charge in [-0.25, -0.2) is 4.98 Å². The van der Waals surface area contributed by atoms with Crippen molar-refractivity contribution in [2.24, 2.45) is 0 Å². The first-order chi connectivity index (χ1) is 6.59. The Hall–Kier alpha value is -1.77. The van der Waals surface area contributed by atoms with E-state index in [0.717, 1.165) is 27.7 Å². The van der Waals surface area contributed by atoms with Gasteiger partial charge in [0.05, 0.1) is 0 Å². The summed E-state index contributed by atoms with van der Waals surface area (Å²) in [6.07, 6.45) is 0. The number of nitrogens with two attached hydrogens (primary N) is 2. The molecule has 14 heavy (non-hydrogen) atoms. The van der Waals surface area contributed by atoms with Crippen LogP contribution in [0, 0.1) is 13.8 Å². The van der Waals surface area contributed by atoms with Crippen LogP contribution in [-0.4, -0.2) is 4.98 Å². The van der Waals surface area contributed by atoms with Gasteiger partial charge < -0.3 is 11.5 Å². The van der Waals surface area contributed by atoms with Crippen molar-refractivity contribution in [3.05, 3.63) is 29.5 Å². The Labute approximate surface area is 82.7 Å². The number of nitrogens with zero attached hydrogens (tertiary/aromatic N) is 1. The van der Waals surface area contributed by atoms with Gasteiger partial charge in [0.25, 0.3) is 0 Å². The number of anilines is 2. The molecule has 0 aliphatic heterocycles. The van der Waals surface area contributed by atoms with Gasteiger partial charge in [-0.15, -0.1) is 0 Å². The fourth-order valence-corrected chi connectivity index (χ4v) is 1.62. The minimum absolute atomic E-state index is 0.572. The monoisotopic (exact) mass is 187 g/mol. The molecule has 4 N–H and O–H groups in total. The van der Waals surface area contributed by atoms with Crippen LogP contribution in [0.15, 0.2) is 18.2 Å². The second-order valence-corrected chi connectivity index (χ2v) is 3.51. The summed E-state index contributed by atoms with van der Waals surface area (Å²) in [5.41, 5.74) is 14.4. The van der Waals surface area contributed by atoms with E-state index in [1.807, 2.05) is 32.0 Å². The van der Waals surface area contributed by atoms with Crippen LogP contribution < -0.4 is 11.5 Å². The predicted octanol–water partition coefficient (Wildman–Crippen LogP) is 2.02. The van der Waals surface area contributed by atoms with Gasteiger partial charge in [-0.1, -0.05) is 0 Å². The van der Waals surface area contributed by atoms with Crippen molar-refractivity contribution < 1.29 is 0 Å². The summed E-state index contributed by atoms with van der Waals surface area (Å²) in [6.45, 7) is 3.98. The van der Waals surface area contributed by atoms with Crippen molar-refractivity contribution in [3.63, 3.8) is 0 Å². The van der Waals surface area contributed by atoms with Gasteiger partial charge in [-0.3, -0.25) is 0 Å². The molecule has 1 heterocycles. The maximum Gasteiger partial charge on any atom is 0.131 e. The lowest BCUT2D eigenvalue weighted by Gasteiger charge is -2.08. The fraction of sp³-hybridized carbons (Fsp3) is 0.182. The zero-order valence-corrected chi connectivity index (χ0v) is 8.33. The maximum absolute atomic E-state index is 5.82. The van der Waals surface area contributed by atoms with Crippen LogP contribution in [-0.2, 0) is 0 Å². The van der Waals surface area contributed by atoms with Crippen LogP contribution in [0.2, 0.25) is 0 Å². The van der Waals surface area contributed by atoms with E-state index in [4.69, 9.17) is 11.5 Å². The van der Waals surface area contributed by atoms with Crippen LogP contribution in [0.1, 0.15) is 11.3 Å². The van der Waals surface area contributed by atoms with Gasteiger partial charge in [0.2, 0.25) is 0 Å². The zero-order valence-electron chi connectivity index (χ0n) is 8.33. The minimum atomic E-state index is 0.572. The van der Waals surface area contributed by atoms with E-state index in [-0.39, 0.29) is 0 Å². The molecule has 0 saturated heterocycles. The topological polar surface area (TPSA) is 64.9 Å². The van der Waals surface area contributed by atoms with Gasteiger partial charge >= 0.3 is 0 Å². The smallest absolute Gasteiger partial charge is 0.131 e. The second-order valence-electron chi connectivity index (χ2n) is 3.51. The number of aromatic nitrogens is 1. The Morgan fingerprint density at radius 2 is 1.79 bits per heavy atom. The molecule has 72 valence electrons. The second kappa shape index (κ2) is 2.87. The van der Waals surface area contributed by atoms with E-state index in [0.29, 0.717) is 5.82 Å². The van der Waals surface area contributed by atoms with Crippen molar-refractivity contribution in [2.75, 3.05) is 11.5 Å². The summed E-state index contributed by atoms with van der Waals surface area (Å²) in [4.78, 5) is 4.27. The number of hydrogen-bond donors (Lipinski definition) is 2. The molecule has 1 aromatic heterocycles. The molecule has 2 rings (SSSR count). The molecule has 0 aliphatic rings. The van der Waals surface area contributed by atoms with Gasteiger partial charge in [0.1, 0.15) is 5.82 Å². The van der Waals surface area contributed by atoms with Crippen LogP contribution >= 0.6 is 0 Å². The summed E-state index contributed by atoms with van der Waals surface area (Å²) in [7, 11) is 0. The van der Waals surface area contributed by atoms with Crippen LogP contribution in [0.3, 0.4) is 0 Å². The molecule has 3 heteroatoms. The summed E-state index contributed by atoms with van der Waals surface area (Å²) >= 11 is 0. The standard InChI is InChI=1S/C11H13N3/c1-6-7(2)14-11(13)9-4-3-8(12)5-10(6)9/h3-5H,12H2,1-2H3,(H2,13,14). The Morgan fingerprint density at radius 1 is 1.07 bits per heavy atom. The van der Waals surface area contributed by atoms with E-state index in [9.17, 15) is 0 Å². The molecule has 0 unspecified atom stereocenters. The largest absolute Gasteiger partial charge is 0.399 e. The van der Waals surface area contributed by atoms with E-state index < -0.39 is 0 Å². The number of hydrogen-bond acceptors (Lipinski definition) is 3. The highest BCUT2D eigenvalue weighted by atomic mass is 14.8. The quantitative estimate of drug-likeness (QED) is 0.620. The average molecular weight is 187 g/mol. The fourth-order valence-electron chi connectivity index (χ4n) is 1.62. The summed E-state index contributed by atoms with van der Waals surface area (Å²) in [5, 5.41) is 2.07. The third kappa shape index (κ3) is 1.18. The number of benzene rings is 1. The lowest BCUT2D eigenvalue weighted by molar-refractivity contribution is 1.19. The van der Waals surface area contributed by atoms with E-state index in [1.54, 1.807) is 0 Å². The number of aryl methyl sites for hydroxylation is 2. The predicted molar refractivity (Wildman–Crippen MR) is 60.0 cm³/mol. The third-order valence-electron chi connectivity index (χ3n) is 2.55. The van der Waals surface area contributed by atoms with Crippen molar-refractivity contribution in [1.82, 2.24) is 4.98 Å². The third-order valence-corrected chi connectivity index (χ3v) is 2.55. The molecule has 0 saturated carbocycles. The van der Waals surface area contributed by atoms with Crippen molar-refractivity contribution in [1.29, 1.82) is 0 Å². The first-order valence-electron chi connectivity index (χ1n) is 4.51. The number of rotatable bonds is 0. The molecule has 2 aromatic rings. The molecule has 0 atom stereocenters. The Morgan fingerprint density at radius 3 is 2.50 bits per heavy atom. The maximum atomic E-state index is 5.82. The Kier molecular flexibility index (Phi) is 1.81. The molecule has 3 nitrogen and oxygen atoms in total. The van der Waals surface area contributed by atoms with Gasteiger partial charge in [-0.2, -0.15) is 0 Å². The minimum Gasteiger partial charge on any atom is -0.399 e. The Bertz CT molecular complexity index is 503. The summed E-state index contributed by atoms with van der Waals surface area (Å²) in [5.74, 6) is 0.572. The molecule has 0 bridgehead atoms. The lowest BCUT2D eigenvalue weighted by atomic mass is 10.0. The molecule has 0 radical (unpaired) electrons. The number of pyridine rings is 1. The van der Waals surface area contributed by atoms with E-state index in [2.05, 4.69) is 4.98 Å². The van der Waals surface area contributed by atoms with Crippen molar-refractivity contribution in [2.45, 2.75) is 13.8 Å². The summed E-state index contributed by atoms with van der Waals surface area (Å²) in [6, 6.07) is 5.70. The first kappa shape index (κ1) is 8.81. The highest BCUT2D eigenvalue weighted by Crippen LogP contribution is 2.26. The van der Waals surface area contributed by atoms with Gasteiger partial charge in [-0.05, 0) is 43.0 Å². The number of nitrogen functional groups attached to an aromatic ring is 2. The zero-order chi connectivity index (χ0) is 10.3. The van der Waals surface area contributed by atoms with Gasteiger partial charge in [0, 0.05) is 16.8 Å².